The van der Waals surface area contributed by atoms with Gasteiger partial charge in [0.1, 0.15) is 17.4 Å². The summed E-state index contributed by atoms with van der Waals surface area (Å²) in [5.74, 6) is -1.11. The Morgan fingerprint density at radius 2 is 1.98 bits per heavy atom. The van der Waals surface area contributed by atoms with Crippen molar-refractivity contribution in [1.29, 1.82) is 0 Å². The molecule has 15 heteroatoms. The highest BCUT2D eigenvalue weighted by molar-refractivity contribution is 6.31. The highest BCUT2D eigenvalue weighted by Gasteiger charge is 2.40. The van der Waals surface area contributed by atoms with Crippen LogP contribution in [0.5, 0.6) is 6.01 Å². The lowest BCUT2D eigenvalue weighted by Crippen LogP contribution is -2.57. The fourth-order valence-corrected chi connectivity index (χ4v) is 6.72. The summed E-state index contributed by atoms with van der Waals surface area (Å²) in [7, 11) is 4.10. The maximum atomic E-state index is 14.0. The van der Waals surface area contributed by atoms with Gasteiger partial charge in [-0.1, -0.05) is 18.2 Å². The fourth-order valence-electron chi connectivity index (χ4n) is 6.46. The molecule has 1 saturated heterocycles. The van der Waals surface area contributed by atoms with E-state index < -0.39 is 34.5 Å². The van der Waals surface area contributed by atoms with Gasteiger partial charge < -0.3 is 29.2 Å². The summed E-state index contributed by atoms with van der Waals surface area (Å²) in [6.45, 7) is 11.8. The van der Waals surface area contributed by atoms with Gasteiger partial charge in [0.05, 0.1) is 35.8 Å². The number of aromatic nitrogens is 3. The number of carbonyl (C=O) groups excluding carboxylic acids is 1. The second kappa shape index (κ2) is 13.3. The van der Waals surface area contributed by atoms with Gasteiger partial charge in [-0.3, -0.25) is 9.78 Å². The third kappa shape index (κ3) is 7.09. The van der Waals surface area contributed by atoms with Gasteiger partial charge in [0.2, 0.25) is 6.54 Å². The van der Waals surface area contributed by atoms with Gasteiger partial charge in [-0.25, -0.2) is 11.0 Å². The van der Waals surface area contributed by atoms with E-state index in [1.807, 2.05) is 4.90 Å². The first-order valence-corrected chi connectivity index (χ1v) is 15.1. The molecular formula is C30H35ClF4N8O2. The van der Waals surface area contributed by atoms with E-state index in [2.05, 4.69) is 40.4 Å². The molecule has 3 atom stereocenters. The molecule has 242 valence electrons. The number of rotatable bonds is 8. The topological polar surface area (TPSA) is 82.3 Å². The van der Waals surface area contributed by atoms with Crippen molar-refractivity contribution in [3.05, 3.63) is 58.1 Å². The summed E-state index contributed by atoms with van der Waals surface area (Å²) in [4.78, 5) is 36.3. The maximum absolute atomic E-state index is 14.0. The molecule has 0 spiro atoms. The Morgan fingerprint density at radius 1 is 1.20 bits per heavy atom. The third-order valence-electron chi connectivity index (χ3n) is 8.80. The molecule has 4 heterocycles. The average molecular weight is 651 g/mol. The summed E-state index contributed by atoms with van der Waals surface area (Å²) in [5.41, 5.74) is 0.151. The molecule has 3 aliphatic rings. The van der Waals surface area contributed by atoms with Gasteiger partial charge in [0, 0.05) is 44.0 Å². The Hall–Kier alpha value is -3.70. The molecule has 2 fully saturated rings. The standard InChI is InChI=1S/C30H35ClF4N8O2/c1-18(32)28(44)43-10-9-42(15-21(43)12-36-2)27-22-7-8-41(25-14-37-13-23(31)26(25)30(33,34)35)16-24(22)38-29(39-27)45-17-19-5-6-20(11-19)40(3)4/h13-14,19-21H,1,5-12,15-17H2,3-4H3/t19-,20-,21-/m0/s1. The summed E-state index contributed by atoms with van der Waals surface area (Å²) >= 11 is 5.97. The Bertz CT molecular complexity index is 1480. The average Bonchev–Trinajstić information content (AvgIpc) is 3.48. The molecular weight excluding hydrogens is 616 g/mol. The van der Waals surface area contributed by atoms with Gasteiger partial charge in [-0.15, -0.1) is 0 Å². The number of fused-ring (bicyclic) bond motifs is 1. The molecule has 0 N–H and O–H groups in total. The lowest BCUT2D eigenvalue weighted by molar-refractivity contribution is -0.137. The molecule has 45 heavy (non-hydrogen) atoms. The molecule has 0 unspecified atom stereocenters. The lowest BCUT2D eigenvalue weighted by Gasteiger charge is -2.41. The van der Waals surface area contributed by atoms with Crippen LogP contribution in [0, 0.1) is 12.5 Å². The fraction of sp³-hybridized carbons (Fsp3) is 0.567. The van der Waals surface area contributed by atoms with Crippen LogP contribution in [0.1, 0.15) is 36.1 Å². The number of alkyl halides is 3. The zero-order valence-corrected chi connectivity index (χ0v) is 25.9. The first-order valence-electron chi connectivity index (χ1n) is 14.8. The molecule has 1 aliphatic carbocycles. The van der Waals surface area contributed by atoms with E-state index in [9.17, 15) is 22.4 Å². The first-order chi connectivity index (χ1) is 21.4. The number of amides is 1. The molecule has 10 nitrogen and oxygen atoms in total. The number of carbonyl (C=O) groups is 1. The summed E-state index contributed by atoms with van der Waals surface area (Å²) in [6, 6.07) is -0.0451. The van der Waals surface area contributed by atoms with Crippen LogP contribution in [0.4, 0.5) is 29.1 Å². The van der Waals surface area contributed by atoms with Crippen LogP contribution >= 0.6 is 11.6 Å². The van der Waals surface area contributed by atoms with E-state index in [-0.39, 0.29) is 44.4 Å². The lowest BCUT2D eigenvalue weighted by atomic mass is 10.0. The molecule has 2 aromatic heterocycles. The van der Waals surface area contributed by atoms with Crippen molar-refractivity contribution in [1.82, 2.24) is 24.8 Å². The van der Waals surface area contributed by atoms with Gasteiger partial charge >= 0.3 is 12.2 Å². The number of ether oxygens (including phenoxy) is 1. The van der Waals surface area contributed by atoms with E-state index in [4.69, 9.17) is 27.9 Å². The number of piperazine rings is 1. The zero-order chi connectivity index (χ0) is 32.5. The van der Waals surface area contributed by atoms with Crippen LogP contribution in [-0.4, -0.2) is 96.2 Å². The largest absolute Gasteiger partial charge is 0.463 e. The predicted molar refractivity (Wildman–Crippen MR) is 161 cm³/mol. The summed E-state index contributed by atoms with van der Waals surface area (Å²) in [5, 5.41) is -0.486. The van der Waals surface area contributed by atoms with E-state index in [1.54, 1.807) is 4.90 Å². The van der Waals surface area contributed by atoms with Crippen molar-refractivity contribution < 1.29 is 27.1 Å². The number of nitrogens with zero attached hydrogens (tertiary/aromatic N) is 8. The molecule has 2 aromatic rings. The van der Waals surface area contributed by atoms with Crippen LogP contribution in [0.25, 0.3) is 4.85 Å². The van der Waals surface area contributed by atoms with Crippen molar-refractivity contribution in [2.24, 2.45) is 5.92 Å². The second-order valence-electron chi connectivity index (χ2n) is 11.9. The van der Waals surface area contributed by atoms with E-state index in [0.717, 1.165) is 37.2 Å². The van der Waals surface area contributed by atoms with E-state index >= 15 is 0 Å². The highest BCUT2D eigenvalue weighted by atomic mass is 35.5. The molecule has 0 radical (unpaired) electrons. The minimum atomic E-state index is -4.69. The molecule has 0 aromatic carbocycles. The molecule has 1 amide bonds. The van der Waals surface area contributed by atoms with Gasteiger partial charge in [-0.05, 0) is 45.7 Å². The molecule has 2 aliphatic heterocycles. The zero-order valence-electron chi connectivity index (χ0n) is 25.2. The van der Waals surface area contributed by atoms with Gasteiger partial charge in [0.15, 0.2) is 5.83 Å². The van der Waals surface area contributed by atoms with Crippen LogP contribution in [0.15, 0.2) is 24.8 Å². The number of hydrogen-bond acceptors (Lipinski definition) is 8. The van der Waals surface area contributed by atoms with Crippen molar-refractivity contribution >= 4 is 29.0 Å². The van der Waals surface area contributed by atoms with E-state index in [0.29, 0.717) is 43.0 Å². The van der Waals surface area contributed by atoms with Gasteiger partial charge in [-0.2, -0.15) is 23.1 Å². The summed E-state index contributed by atoms with van der Waals surface area (Å²) < 4.78 is 62.0. The Balaban J connectivity index is 1.47. The number of anilines is 2. The third-order valence-corrected chi connectivity index (χ3v) is 9.08. The number of hydrogen-bond donors (Lipinski definition) is 0. The number of halogens is 5. The molecule has 1 saturated carbocycles. The van der Waals surface area contributed by atoms with Crippen molar-refractivity contribution in [3.8, 4) is 6.01 Å². The van der Waals surface area contributed by atoms with Crippen molar-refractivity contribution in [2.75, 3.05) is 63.2 Å². The molecule has 0 bridgehead atoms. The minimum Gasteiger partial charge on any atom is -0.463 e. The first kappa shape index (κ1) is 32.7. The minimum absolute atomic E-state index is 0.0318. The van der Waals surface area contributed by atoms with Crippen molar-refractivity contribution in [2.45, 2.75) is 50.5 Å². The van der Waals surface area contributed by atoms with Gasteiger partial charge in [0.25, 0.3) is 5.91 Å². The molecule has 5 rings (SSSR count). The quantitative estimate of drug-likeness (QED) is 0.232. The Labute approximate surface area is 264 Å². The maximum Gasteiger partial charge on any atom is 0.419 e. The highest BCUT2D eigenvalue weighted by Crippen LogP contribution is 2.42. The van der Waals surface area contributed by atoms with Crippen LogP contribution in [0.3, 0.4) is 0 Å². The Kier molecular flexibility index (Phi) is 9.69. The van der Waals surface area contributed by atoms with Crippen LogP contribution in [-0.2, 0) is 23.9 Å². The van der Waals surface area contributed by atoms with Crippen LogP contribution in [0.2, 0.25) is 5.02 Å². The monoisotopic (exact) mass is 650 g/mol. The summed E-state index contributed by atoms with van der Waals surface area (Å²) in [6.07, 6.45) is 0.772. The number of pyridine rings is 1. The normalized spacial score (nSPS) is 21.9. The Morgan fingerprint density at radius 3 is 2.64 bits per heavy atom. The van der Waals surface area contributed by atoms with Crippen molar-refractivity contribution in [3.63, 3.8) is 0 Å². The predicted octanol–water partition coefficient (Wildman–Crippen LogP) is 4.64. The van der Waals surface area contributed by atoms with E-state index in [1.165, 1.54) is 4.90 Å². The second-order valence-corrected chi connectivity index (χ2v) is 12.3. The SMILES string of the molecule is [C-]#[N+]C[C@H]1CN(c2nc(OC[C@H]3CC[C@H](N(C)C)C3)nc3c2CCN(c2cncc(Cl)c2C(F)(F)F)C3)CCN1C(=O)C(=C)F. The smallest absolute Gasteiger partial charge is 0.419 e. The van der Waals surface area contributed by atoms with Crippen LogP contribution < -0.4 is 14.5 Å².